The minimum atomic E-state index is -2.41. The molecule has 1 heterocycles. The number of aliphatic hydroxyl groups is 1. The number of hydrogen-bond acceptors (Lipinski definition) is 2. The number of rotatable bonds is 3. The first kappa shape index (κ1) is 9.12. The van der Waals surface area contributed by atoms with Gasteiger partial charge < -0.3 is 5.11 Å². The second-order valence-corrected chi connectivity index (χ2v) is 2.56. The average Bonchev–Trinajstić information content (AvgIpc) is 2.34. The summed E-state index contributed by atoms with van der Waals surface area (Å²) >= 11 is 0. The monoisotopic (exact) mass is 176 g/mol. The molecule has 0 aromatic carbocycles. The molecule has 0 aliphatic rings. The van der Waals surface area contributed by atoms with Gasteiger partial charge in [-0.2, -0.15) is 5.10 Å². The molecule has 3 nitrogen and oxygen atoms in total. The van der Waals surface area contributed by atoms with Crippen LogP contribution in [-0.4, -0.2) is 21.3 Å². The van der Waals surface area contributed by atoms with Gasteiger partial charge in [0.2, 0.25) is 0 Å². The topological polar surface area (TPSA) is 38.1 Å². The Balaban J connectivity index is 2.64. The number of alkyl halides is 2. The molecule has 1 aromatic rings. The fourth-order valence-corrected chi connectivity index (χ4v) is 0.837. The van der Waals surface area contributed by atoms with Crippen LogP contribution >= 0.6 is 0 Å². The van der Waals surface area contributed by atoms with Gasteiger partial charge in [-0.25, -0.2) is 8.78 Å². The zero-order valence-electron chi connectivity index (χ0n) is 6.61. The third-order valence-corrected chi connectivity index (χ3v) is 1.46. The second-order valence-electron chi connectivity index (χ2n) is 2.56. The van der Waals surface area contributed by atoms with Gasteiger partial charge in [0.1, 0.15) is 6.54 Å². The summed E-state index contributed by atoms with van der Waals surface area (Å²) in [6.07, 6.45) is -0.271. The highest BCUT2D eigenvalue weighted by molar-refractivity contribution is 5.06. The zero-order valence-corrected chi connectivity index (χ0v) is 6.61. The lowest BCUT2D eigenvalue weighted by atomic mass is 10.2. The third kappa shape index (κ3) is 2.27. The van der Waals surface area contributed by atoms with Crippen LogP contribution in [-0.2, 0) is 6.54 Å². The molecule has 5 heteroatoms. The number of aromatic nitrogens is 2. The summed E-state index contributed by atoms with van der Waals surface area (Å²) in [5.74, 6) is 0. The van der Waals surface area contributed by atoms with Crippen molar-refractivity contribution in [2.75, 3.05) is 0 Å². The molecule has 12 heavy (non-hydrogen) atoms. The van der Waals surface area contributed by atoms with Crippen molar-refractivity contribution in [1.29, 1.82) is 0 Å². The normalized spacial score (nSPS) is 13.8. The number of aliphatic hydroxyl groups excluding tert-OH is 1. The van der Waals surface area contributed by atoms with Crippen LogP contribution in [0.25, 0.3) is 0 Å². The molecule has 1 atom stereocenters. The Morgan fingerprint density at radius 2 is 2.33 bits per heavy atom. The van der Waals surface area contributed by atoms with E-state index in [0.29, 0.717) is 5.56 Å². The summed E-state index contributed by atoms with van der Waals surface area (Å²) in [6.45, 7) is 1.14. The van der Waals surface area contributed by atoms with E-state index >= 15 is 0 Å². The van der Waals surface area contributed by atoms with Crippen LogP contribution in [0.4, 0.5) is 8.78 Å². The fraction of sp³-hybridized carbons (Fsp3) is 0.571. The van der Waals surface area contributed by atoms with Crippen molar-refractivity contribution in [1.82, 2.24) is 9.78 Å². The number of halogens is 2. The standard InChI is InChI=1S/C7H10F2N2O/c1-5(12)6-2-10-11(3-6)4-7(8)9/h2-3,5,7,12H,4H2,1H3. The zero-order chi connectivity index (χ0) is 9.14. The van der Waals surface area contributed by atoms with E-state index < -0.39 is 19.1 Å². The second kappa shape index (κ2) is 3.62. The van der Waals surface area contributed by atoms with Crippen LogP contribution in [0, 0.1) is 0 Å². The molecular weight excluding hydrogens is 166 g/mol. The smallest absolute Gasteiger partial charge is 0.257 e. The maximum atomic E-state index is 11.8. The van der Waals surface area contributed by atoms with E-state index in [-0.39, 0.29) is 0 Å². The van der Waals surface area contributed by atoms with Gasteiger partial charge >= 0.3 is 0 Å². The molecule has 0 saturated carbocycles. The molecule has 0 spiro atoms. The minimum Gasteiger partial charge on any atom is -0.389 e. The van der Waals surface area contributed by atoms with E-state index in [2.05, 4.69) is 5.10 Å². The molecule has 1 rings (SSSR count). The van der Waals surface area contributed by atoms with Crippen LogP contribution in [0.1, 0.15) is 18.6 Å². The Labute approximate surface area is 68.6 Å². The van der Waals surface area contributed by atoms with Crippen molar-refractivity contribution < 1.29 is 13.9 Å². The molecular formula is C7H10F2N2O. The van der Waals surface area contributed by atoms with E-state index in [1.54, 1.807) is 6.92 Å². The Bertz CT molecular complexity index is 247. The molecule has 1 unspecified atom stereocenters. The number of hydrogen-bond donors (Lipinski definition) is 1. The van der Waals surface area contributed by atoms with Crippen molar-refractivity contribution in [3.63, 3.8) is 0 Å². The molecule has 0 bridgehead atoms. The summed E-state index contributed by atoms with van der Waals surface area (Å²) in [6, 6.07) is 0. The fourth-order valence-electron chi connectivity index (χ4n) is 0.837. The SMILES string of the molecule is CC(O)c1cnn(CC(F)F)c1. The van der Waals surface area contributed by atoms with Crippen LogP contribution in [0.5, 0.6) is 0 Å². The first-order valence-electron chi connectivity index (χ1n) is 3.58. The van der Waals surface area contributed by atoms with Crippen molar-refractivity contribution in [3.8, 4) is 0 Å². The first-order valence-corrected chi connectivity index (χ1v) is 3.58. The third-order valence-electron chi connectivity index (χ3n) is 1.46. The first-order chi connectivity index (χ1) is 5.59. The van der Waals surface area contributed by atoms with Crippen molar-refractivity contribution >= 4 is 0 Å². The van der Waals surface area contributed by atoms with Gasteiger partial charge in [0.05, 0.1) is 12.3 Å². The molecule has 0 radical (unpaired) electrons. The van der Waals surface area contributed by atoms with E-state index in [9.17, 15) is 8.78 Å². The summed E-state index contributed by atoms with van der Waals surface area (Å²) in [7, 11) is 0. The number of nitrogens with zero attached hydrogens (tertiary/aromatic N) is 2. The van der Waals surface area contributed by atoms with Crippen LogP contribution < -0.4 is 0 Å². The highest BCUT2D eigenvalue weighted by Gasteiger charge is 2.07. The molecule has 0 aliphatic carbocycles. The maximum absolute atomic E-state index is 11.8. The lowest BCUT2D eigenvalue weighted by Crippen LogP contribution is -2.06. The Kier molecular flexibility index (Phi) is 2.75. The van der Waals surface area contributed by atoms with Crippen molar-refractivity contribution in [2.24, 2.45) is 0 Å². The molecule has 1 N–H and O–H groups in total. The lowest BCUT2D eigenvalue weighted by molar-refractivity contribution is 0.121. The molecule has 0 aliphatic heterocycles. The predicted molar refractivity (Wildman–Crippen MR) is 38.9 cm³/mol. The largest absolute Gasteiger partial charge is 0.389 e. The van der Waals surface area contributed by atoms with Crippen molar-refractivity contribution in [2.45, 2.75) is 26.0 Å². The Hall–Kier alpha value is -0.970. The van der Waals surface area contributed by atoms with Gasteiger partial charge in [0, 0.05) is 11.8 Å². The molecule has 1 aromatic heterocycles. The highest BCUT2D eigenvalue weighted by Crippen LogP contribution is 2.10. The van der Waals surface area contributed by atoms with Gasteiger partial charge in [-0.05, 0) is 6.92 Å². The molecule has 0 fully saturated rings. The Morgan fingerprint density at radius 3 is 2.75 bits per heavy atom. The van der Waals surface area contributed by atoms with Gasteiger partial charge in [-0.1, -0.05) is 0 Å². The van der Waals surface area contributed by atoms with Crippen LogP contribution in [0.3, 0.4) is 0 Å². The van der Waals surface area contributed by atoms with E-state index in [0.717, 1.165) is 4.68 Å². The van der Waals surface area contributed by atoms with Crippen LogP contribution in [0.15, 0.2) is 12.4 Å². The molecule has 0 saturated heterocycles. The Morgan fingerprint density at radius 1 is 1.67 bits per heavy atom. The molecule has 68 valence electrons. The quantitative estimate of drug-likeness (QED) is 0.751. The van der Waals surface area contributed by atoms with Crippen molar-refractivity contribution in [3.05, 3.63) is 18.0 Å². The summed E-state index contributed by atoms with van der Waals surface area (Å²) in [5, 5.41) is 12.7. The summed E-state index contributed by atoms with van der Waals surface area (Å²) < 4.78 is 24.7. The van der Waals surface area contributed by atoms with Gasteiger partial charge in [0.15, 0.2) is 0 Å². The minimum absolute atomic E-state index is 0.424. The van der Waals surface area contributed by atoms with Gasteiger partial charge in [-0.15, -0.1) is 0 Å². The average molecular weight is 176 g/mol. The van der Waals surface area contributed by atoms with E-state index in [1.165, 1.54) is 12.4 Å². The predicted octanol–water partition coefficient (Wildman–Crippen LogP) is 1.20. The lowest BCUT2D eigenvalue weighted by Gasteiger charge is -1.99. The maximum Gasteiger partial charge on any atom is 0.257 e. The highest BCUT2D eigenvalue weighted by atomic mass is 19.3. The summed E-state index contributed by atoms with van der Waals surface area (Å²) in [4.78, 5) is 0. The van der Waals surface area contributed by atoms with E-state index in [4.69, 9.17) is 5.11 Å². The molecule has 0 amide bonds. The van der Waals surface area contributed by atoms with E-state index in [1.807, 2.05) is 0 Å². The van der Waals surface area contributed by atoms with Gasteiger partial charge in [0.25, 0.3) is 6.43 Å². The summed E-state index contributed by atoms with van der Waals surface area (Å²) in [5.41, 5.74) is 0.552. The van der Waals surface area contributed by atoms with Crippen LogP contribution in [0.2, 0.25) is 0 Å². The van der Waals surface area contributed by atoms with Gasteiger partial charge in [-0.3, -0.25) is 4.68 Å².